The number of rotatable bonds is 3. The molecule has 0 unspecified atom stereocenters. The summed E-state index contributed by atoms with van der Waals surface area (Å²) in [6.45, 7) is 4.18. The molecule has 5 rings (SSSR count). The zero-order chi connectivity index (χ0) is 23.7. The maximum Gasteiger partial charge on any atom is 0.321 e. The molecule has 8 nitrogen and oxygen atoms in total. The SMILES string of the molecule is CCN1C(=O)c2ccccc2Sc2ccc(NC(=O)N3CCN(C(=O)c4ccco4)CC3)cc21. The number of benzene rings is 2. The monoisotopic (exact) mass is 476 g/mol. The Balaban J connectivity index is 1.28. The van der Waals surface area contributed by atoms with Crippen molar-refractivity contribution in [1.29, 1.82) is 0 Å². The molecule has 1 N–H and O–H groups in total. The summed E-state index contributed by atoms with van der Waals surface area (Å²) in [4.78, 5) is 45.5. The number of carbonyl (C=O) groups excluding carboxylic acids is 3. The highest BCUT2D eigenvalue weighted by Gasteiger charge is 2.28. The van der Waals surface area contributed by atoms with E-state index in [0.29, 0.717) is 49.7 Å². The third-order valence-corrected chi connectivity index (χ3v) is 7.13. The number of fused-ring (bicyclic) bond motifs is 2. The third-order valence-electron chi connectivity index (χ3n) is 5.99. The van der Waals surface area contributed by atoms with Crippen molar-refractivity contribution < 1.29 is 18.8 Å². The predicted molar refractivity (Wildman–Crippen MR) is 130 cm³/mol. The Kier molecular flexibility index (Phi) is 6.02. The van der Waals surface area contributed by atoms with Gasteiger partial charge in [0.25, 0.3) is 11.8 Å². The van der Waals surface area contributed by atoms with Crippen molar-refractivity contribution in [2.45, 2.75) is 16.7 Å². The molecular weight excluding hydrogens is 452 g/mol. The molecule has 0 bridgehead atoms. The number of urea groups is 1. The van der Waals surface area contributed by atoms with Crippen LogP contribution in [0.25, 0.3) is 0 Å². The predicted octanol–water partition coefficient (Wildman–Crippen LogP) is 4.40. The highest BCUT2D eigenvalue weighted by Crippen LogP contribution is 2.42. The summed E-state index contributed by atoms with van der Waals surface area (Å²) in [5.41, 5.74) is 2.08. The summed E-state index contributed by atoms with van der Waals surface area (Å²) >= 11 is 1.55. The highest BCUT2D eigenvalue weighted by molar-refractivity contribution is 7.99. The van der Waals surface area contributed by atoms with E-state index in [1.165, 1.54) is 6.26 Å². The average Bonchev–Trinajstić information content (AvgIpc) is 3.37. The van der Waals surface area contributed by atoms with Gasteiger partial charge in [-0.3, -0.25) is 9.59 Å². The summed E-state index contributed by atoms with van der Waals surface area (Å²) in [7, 11) is 0. The van der Waals surface area contributed by atoms with Gasteiger partial charge in [0, 0.05) is 48.2 Å². The summed E-state index contributed by atoms with van der Waals surface area (Å²) in [6.07, 6.45) is 1.47. The second kappa shape index (κ2) is 9.26. The molecule has 1 fully saturated rings. The van der Waals surface area contributed by atoms with E-state index in [9.17, 15) is 14.4 Å². The van der Waals surface area contributed by atoms with Crippen LogP contribution in [0.5, 0.6) is 0 Å². The fourth-order valence-corrected chi connectivity index (χ4v) is 5.24. The number of carbonyl (C=O) groups is 3. The van der Waals surface area contributed by atoms with E-state index in [1.54, 1.807) is 38.6 Å². The fourth-order valence-electron chi connectivity index (χ4n) is 4.18. The molecule has 0 spiro atoms. The Morgan fingerprint density at radius 2 is 1.74 bits per heavy atom. The summed E-state index contributed by atoms with van der Waals surface area (Å²) in [5, 5.41) is 2.95. The number of piperazine rings is 1. The lowest BCUT2D eigenvalue weighted by molar-refractivity contribution is 0.0640. The molecule has 2 aliphatic rings. The normalized spacial score (nSPS) is 15.4. The second-order valence-corrected chi connectivity index (χ2v) is 9.10. The van der Waals surface area contributed by atoms with Crippen LogP contribution in [-0.4, -0.2) is 60.4 Å². The third kappa shape index (κ3) is 4.14. The largest absolute Gasteiger partial charge is 0.459 e. The van der Waals surface area contributed by atoms with E-state index in [2.05, 4.69) is 5.32 Å². The molecule has 0 saturated carbocycles. The van der Waals surface area contributed by atoms with Gasteiger partial charge in [-0.25, -0.2) is 4.79 Å². The minimum absolute atomic E-state index is 0.0508. The zero-order valence-corrected chi connectivity index (χ0v) is 19.5. The fraction of sp³-hybridized carbons (Fsp3) is 0.240. The lowest BCUT2D eigenvalue weighted by Crippen LogP contribution is -2.51. The maximum atomic E-state index is 13.2. The Morgan fingerprint density at radius 1 is 0.971 bits per heavy atom. The Labute approximate surface area is 201 Å². The van der Waals surface area contributed by atoms with Crippen LogP contribution in [0.1, 0.15) is 27.8 Å². The molecule has 34 heavy (non-hydrogen) atoms. The van der Waals surface area contributed by atoms with E-state index in [0.717, 1.165) is 15.5 Å². The lowest BCUT2D eigenvalue weighted by Gasteiger charge is -2.34. The van der Waals surface area contributed by atoms with Gasteiger partial charge in [-0.15, -0.1) is 0 Å². The van der Waals surface area contributed by atoms with Crippen molar-refractivity contribution in [3.63, 3.8) is 0 Å². The quantitative estimate of drug-likeness (QED) is 0.606. The van der Waals surface area contributed by atoms with Gasteiger partial charge in [-0.05, 0) is 49.4 Å². The summed E-state index contributed by atoms with van der Waals surface area (Å²) in [6, 6.07) is 16.3. The van der Waals surface area contributed by atoms with Gasteiger partial charge in [-0.1, -0.05) is 23.9 Å². The van der Waals surface area contributed by atoms with Gasteiger partial charge in [-0.2, -0.15) is 0 Å². The van der Waals surface area contributed by atoms with Gasteiger partial charge in [0.05, 0.1) is 17.5 Å². The van der Waals surface area contributed by atoms with Crippen LogP contribution in [0.15, 0.2) is 75.1 Å². The number of hydrogen-bond donors (Lipinski definition) is 1. The maximum absolute atomic E-state index is 13.2. The van der Waals surface area contributed by atoms with Crippen LogP contribution in [-0.2, 0) is 0 Å². The smallest absolute Gasteiger partial charge is 0.321 e. The molecule has 2 aliphatic heterocycles. The van der Waals surface area contributed by atoms with Gasteiger partial charge < -0.3 is 24.4 Å². The molecule has 9 heteroatoms. The van der Waals surface area contributed by atoms with Gasteiger partial charge in [0.2, 0.25) is 0 Å². The van der Waals surface area contributed by atoms with E-state index in [1.807, 2.05) is 49.4 Å². The molecule has 174 valence electrons. The molecule has 1 aromatic heterocycles. The first-order valence-electron chi connectivity index (χ1n) is 11.2. The van der Waals surface area contributed by atoms with Crippen LogP contribution >= 0.6 is 11.8 Å². The van der Waals surface area contributed by atoms with Crippen LogP contribution in [0, 0.1) is 0 Å². The van der Waals surface area contributed by atoms with Crippen LogP contribution in [0.4, 0.5) is 16.2 Å². The number of hydrogen-bond acceptors (Lipinski definition) is 5. The van der Waals surface area contributed by atoms with Crippen molar-refractivity contribution in [3.05, 3.63) is 72.2 Å². The first-order chi connectivity index (χ1) is 16.5. The summed E-state index contributed by atoms with van der Waals surface area (Å²) < 4.78 is 5.19. The number of anilines is 2. The molecular formula is C25H24N4O4S. The molecule has 0 radical (unpaired) electrons. The Bertz CT molecular complexity index is 1240. The van der Waals surface area contributed by atoms with Crippen molar-refractivity contribution in [2.24, 2.45) is 0 Å². The van der Waals surface area contributed by atoms with Crippen LogP contribution in [0.3, 0.4) is 0 Å². The first-order valence-corrected chi connectivity index (χ1v) is 12.0. The molecule has 0 aliphatic carbocycles. The van der Waals surface area contributed by atoms with Crippen molar-refractivity contribution >= 4 is 41.0 Å². The van der Waals surface area contributed by atoms with Crippen molar-refractivity contribution in [1.82, 2.24) is 9.80 Å². The first kappa shape index (κ1) is 22.1. The molecule has 3 aromatic rings. The van der Waals surface area contributed by atoms with Crippen LogP contribution < -0.4 is 10.2 Å². The van der Waals surface area contributed by atoms with Gasteiger partial charge in [0.1, 0.15) is 0 Å². The van der Waals surface area contributed by atoms with E-state index in [-0.39, 0.29) is 17.8 Å². The van der Waals surface area contributed by atoms with E-state index in [4.69, 9.17) is 4.42 Å². The minimum atomic E-state index is -0.232. The molecule has 0 atom stereocenters. The number of nitrogens with zero attached hydrogens (tertiary/aromatic N) is 3. The molecule has 1 saturated heterocycles. The Hall–Kier alpha value is -3.72. The van der Waals surface area contributed by atoms with Crippen LogP contribution in [0.2, 0.25) is 0 Å². The highest BCUT2D eigenvalue weighted by atomic mass is 32.2. The van der Waals surface area contributed by atoms with Crippen molar-refractivity contribution in [3.8, 4) is 0 Å². The lowest BCUT2D eigenvalue weighted by atomic mass is 10.1. The average molecular weight is 477 g/mol. The van der Waals surface area contributed by atoms with E-state index < -0.39 is 0 Å². The minimum Gasteiger partial charge on any atom is -0.459 e. The molecule has 4 amide bonds. The summed E-state index contributed by atoms with van der Waals surface area (Å²) in [5.74, 6) is 0.0849. The van der Waals surface area contributed by atoms with Gasteiger partial charge in [0.15, 0.2) is 5.76 Å². The zero-order valence-electron chi connectivity index (χ0n) is 18.7. The van der Waals surface area contributed by atoms with Crippen molar-refractivity contribution in [2.75, 3.05) is 42.9 Å². The molecule has 3 heterocycles. The number of amides is 4. The van der Waals surface area contributed by atoms with E-state index >= 15 is 0 Å². The standard InChI is InChI=1S/C25H24N4O4S/c1-2-29-19-16-17(9-10-22(19)34-21-8-4-3-6-18(21)23(29)30)26-25(32)28-13-11-27(12-14-28)24(31)20-7-5-15-33-20/h3-10,15-16H,2,11-14H2,1H3,(H,26,32). The molecule has 2 aromatic carbocycles. The topological polar surface area (TPSA) is 86.1 Å². The number of nitrogens with one attached hydrogen (secondary N) is 1. The van der Waals surface area contributed by atoms with Gasteiger partial charge >= 0.3 is 6.03 Å². The second-order valence-electron chi connectivity index (χ2n) is 8.02. The Morgan fingerprint density at radius 3 is 2.47 bits per heavy atom. The number of furan rings is 1.